The van der Waals surface area contributed by atoms with Gasteiger partial charge in [-0.05, 0) is 32.4 Å². The Kier molecular flexibility index (Phi) is 7.38. The summed E-state index contributed by atoms with van der Waals surface area (Å²) in [7, 11) is 1.53. The van der Waals surface area contributed by atoms with Crippen LogP contribution in [0.3, 0.4) is 0 Å². The number of nitrogens with one attached hydrogen (secondary N) is 1. The van der Waals surface area contributed by atoms with Gasteiger partial charge < -0.3 is 19.9 Å². The van der Waals surface area contributed by atoms with Gasteiger partial charge in [-0.25, -0.2) is 4.79 Å². The lowest BCUT2D eigenvalue weighted by Crippen LogP contribution is -2.40. The predicted molar refractivity (Wildman–Crippen MR) is 87.2 cm³/mol. The molecule has 0 heterocycles. The topological polar surface area (TPSA) is 84.9 Å². The fourth-order valence-corrected chi connectivity index (χ4v) is 2.07. The molecule has 0 aliphatic heterocycles. The van der Waals surface area contributed by atoms with Gasteiger partial charge in [-0.15, -0.1) is 0 Å². The number of carboxylic acid groups (broad SMARTS) is 1. The van der Waals surface area contributed by atoms with Crippen LogP contribution in [0, 0.1) is 0 Å². The van der Waals surface area contributed by atoms with Gasteiger partial charge in [-0.3, -0.25) is 4.79 Å². The van der Waals surface area contributed by atoms with Crippen LogP contribution in [0.5, 0.6) is 11.5 Å². The van der Waals surface area contributed by atoms with E-state index in [1.807, 2.05) is 20.8 Å². The number of carboxylic acids is 1. The summed E-state index contributed by atoms with van der Waals surface area (Å²) >= 11 is 0. The molecule has 6 nitrogen and oxygen atoms in total. The zero-order valence-corrected chi connectivity index (χ0v) is 14.1. The Morgan fingerprint density at radius 1 is 1.30 bits per heavy atom. The van der Waals surface area contributed by atoms with Crippen molar-refractivity contribution in [3.8, 4) is 11.5 Å². The summed E-state index contributed by atoms with van der Waals surface area (Å²) < 4.78 is 10.8. The van der Waals surface area contributed by atoms with Gasteiger partial charge in [-0.2, -0.15) is 0 Å². The van der Waals surface area contributed by atoms with E-state index in [0.29, 0.717) is 23.5 Å². The summed E-state index contributed by atoms with van der Waals surface area (Å²) in [5.41, 5.74) is 0.294. The average molecular weight is 323 g/mol. The number of aliphatic carboxylic acids is 1. The average Bonchev–Trinajstić information content (AvgIpc) is 2.50. The van der Waals surface area contributed by atoms with E-state index in [1.54, 1.807) is 18.2 Å². The number of benzene rings is 1. The van der Waals surface area contributed by atoms with Crippen LogP contribution in [0.15, 0.2) is 18.2 Å². The fraction of sp³-hybridized carbons (Fsp3) is 0.529. The molecule has 1 atom stereocenters. The zero-order valence-electron chi connectivity index (χ0n) is 14.1. The van der Waals surface area contributed by atoms with Crippen LogP contribution in [0.2, 0.25) is 0 Å². The van der Waals surface area contributed by atoms with Gasteiger partial charge in [0.2, 0.25) is 0 Å². The molecule has 0 aromatic heterocycles. The quantitative estimate of drug-likeness (QED) is 0.730. The molecular formula is C17H25NO5. The Morgan fingerprint density at radius 2 is 2.00 bits per heavy atom. The third kappa shape index (κ3) is 5.81. The van der Waals surface area contributed by atoms with Crippen molar-refractivity contribution < 1.29 is 24.2 Å². The lowest BCUT2D eigenvalue weighted by Gasteiger charge is -2.18. The van der Waals surface area contributed by atoms with Crippen LogP contribution >= 0.6 is 0 Å². The van der Waals surface area contributed by atoms with E-state index in [9.17, 15) is 14.7 Å². The van der Waals surface area contributed by atoms with Crippen LogP contribution in [0.1, 0.15) is 50.4 Å². The monoisotopic (exact) mass is 323 g/mol. The van der Waals surface area contributed by atoms with Gasteiger partial charge in [0, 0.05) is 6.07 Å². The molecule has 0 spiro atoms. The largest absolute Gasteiger partial charge is 0.497 e. The van der Waals surface area contributed by atoms with E-state index in [4.69, 9.17) is 9.47 Å². The van der Waals surface area contributed by atoms with Crippen molar-refractivity contribution in [2.75, 3.05) is 7.11 Å². The highest BCUT2D eigenvalue weighted by Gasteiger charge is 2.22. The zero-order chi connectivity index (χ0) is 17.4. The van der Waals surface area contributed by atoms with Crippen LogP contribution < -0.4 is 14.8 Å². The summed E-state index contributed by atoms with van der Waals surface area (Å²) in [6.45, 7) is 5.67. The second-order valence-electron chi connectivity index (χ2n) is 5.54. The highest BCUT2D eigenvalue weighted by atomic mass is 16.5. The van der Waals surface area contributed by atoms with Crippen LogP contribution in [0.4, 0.5) is 0 Å². The standard InChI is InChI=1S/C17H25NO5/c1-5-6-7-14(17(20)21)18-16(19)13-9-8-12(22-4)10-15(13)23-11(2)3/h8-11,14H,5-7H2,1-4H3,(H,18,19)(H,20,21)/t14-/m0/s1. The minimum Gasteiger partial charge on any atom is -0.497 e. The van der Waals surface area contributed by atoms with Crippen molar-refractivity contribution in [1.29, 1.82) is 0 Å². The summed E-state index contributed by atoms with van der Waals surface area (Å²) in [5, 5.41) is 11.8. The number of carbonyl (C=O) groups excluding carboxylic acids is 1. The predicted octanol–water partition coefficient (Wildman–Crippen LogP) is 2.86. The molecule has 2 N–H and O–H groups in total. The number of rotatable bonds is 9. The smallest absolute Gasteiger partial charge is 0.326 e. The first-order valence-corrected chi connectivity index (χ1v) is 7.77. The van der Waals surface area contributed by atoms with Crippen LogP contribution in [-0.4, -0.2) is 36.2 Å². The molecule has 1 amide bonds. The first-order valence-electron chi connectivity index (χ1n) is 7.77. The maximum Gasteiger partial charge on any atom is 0.326 e. The minimum atomic E-state index is -1.04. The Morgan fingerprint density at radius 3 is 2.52 bits per heavy atom. The number of ether oxygens (including phenoxy) is 2. The Hall–Kier alpha value is -2.24. The number of methoxy groups -OCH3 is 1. The van der Waals surface area contributed by atoms with Crippen LogP contribution in [-0.2, 0) is 4.79 Å². The van der Waals surface area contributed by atoms with E-state index in [2.05, 4.69) is 5.32 Å². The number of hydrogen-bond acceptors (Lipinski definition) is 4. The molecule has 6 heteroatoms. The molecule has 0 bridgehead atoms. The molecule has 23 heavy (non-hydrogen) atoms. The molecule has 0 aliphatic rings. The number of unbranched alkanes of at least 4 members (excludes halogenated alkanes) is 1. The first-order chi connectivity index (χ1) is 10.9. The normalized spacial score (nSPS) is 11.9. The lowest BCUT2D eigenvalue weighted by atomic mass is 10.1. The molecule has 0 saturated heterocycles. The van der Waals surface area contributed by atoms with Gasteiger partial charge in [0.05, 0.1) is 18.8 Å². The number of amides is 1. The van der Waals surface area contributed by atoms with Crippen molar-refractivity contribution >= 4 is 11.9 Å². The molecule has 128 valence electrons. The Bertz CT molecular complexity index is 542. The Labute approximate surface area is 136 Å². The maximum absolute atomic E-state index is 12.4. The molecule has 0 aliphatic carbocycles. The van der Waals surface area contributed by atoms with Crippen molar-refractivity contribution in [1.82, 2.24) is 5.32 Å². The minimum absolute atomic E-state index is 0.121. The van der Waals surface area contributed by atoms with E-state index < -0.39 is 17.9 Å². The van der Waals surface area contributed by atoms with E-state index in [0.717, 1.165) is 12.8 Å². The van der Waals surface area contributed by atoms with E-state index in [1.165, 1.54) is 7.11 Å². The molecule has 1 rings (SSSR count). The molecular weight excluding hydrogens is 298 g/mol. The summed E-state index contributed by atoms with van der Waals surface area (Å²) in [5.74, 6) is -0.562. The molecule has 0 radical (unpaired) electrons. The molecule has 0 saturated carbocycles. The van der Waals surface area contributed by atoms with Crippen molar-refractivity contribution in [3.63, 3.8) is 0 Å². The second-order valence-corrected chi connectivity index (χ2v) is 5.54. The Balaban J connectivity index is 2.98. The van der Waals surface area contributed by atoms with Crippen molar-refractivity contribution in [2.45, 2.75) is 52.2 Å². The van der Waals surface area contributed by atoms with Crippen molar-refractivity contribution in [2.24, 2.45) is 0 Å². The highest BCUT2D eigenvalue weighted by Crippen LogP contribution is 2.26. The third-order valence-corrected chi connectivity index (χ3v) is 3.25. The second kappa shape index (κ2) is 9.02. The van der Waals surface area contributed by atoms with Crippen LogP contribution in [0.25, 0.3) is 0 Å². The summed E-state index contributed by atoms with van der Waals surface area (Å²) in [4.78, 5) is 23.7. The molecule has 0 fully saturated rings. The molecule has 1 aromatic rings. The molecule has 0 unspecified atom stereocenters. The molecule has 1 aromatic carbocycles. The summed E-state index contributed by atoms with van der Waals surface area (Å²) in [6.07, 6.45) is 1.87. The SMILES string of the molecule is CCCC[C@H](NC(=O)c1ccc(OC)cc1OC(C)C)C(=O)O. The highest BCUT2D eigenvalue weighted by molar-refractivity contribution is 5.99. The van der Waals surface area contributed by atoms with Gasteiger partial charge in [-0.1, -0.05) is 19.8 Å². The third-order valence-electron chi connectivity index (χ3n) is 3.25. The fourth-order valence-electron chi connectivity index (χ4n) is 2.07. The van der Waals surface area contributed by atoms with Crippen molar-refractivity contribution in [3.05, 3.63) is 23.8 Å². The van der Waals surface area contributed by atoms with E-state index in [-0.39, 0.29) is 6.10 Å². The van der Waals surface area contributed by atoms with Gasteiger partial charge in [0.1, 0.15) is 17.5 Å². The number of hydrogen-bond donors (Lipinski definition) is 2. The van der Waals surface area contributed by atoms with Gasteiger partial charge in [0.25, 0.3) is 5.91 Å². The number of carbonyl (C=O) groups is 2. The first kappa shape index (κ1) is 18.8. The lowest BCUT2D eigenvalue weighted by molar-refractivity contribution is -0.139. The summed E-state index contributed by atoms with van der Waals surface area (Å²) in [6, 6.07) is 3.93. The van der Waals surface area contributed by atoms with Gasteiger partial charge >= 0.3 is 5.97 Å². The van der Waals surface area contributed by atoms with E-state index >= 15 is 0 Å². The maximum atomic E-state index is 12.4. The van der Waals surface area contributed by atoms with Gasteiger partial charge in [0.15, 0.2) is 0 Å².